The largest absolute Gasteiger partial charge is 0.481 e. The van der Waals surface area contributed by atoms with Crippen molar-refractivity contribution in [2.45, 2.75) is 149 Å². The standard InChI is InChI=1S/C36H58O8/c1-31(2)23-10-13-36(7)24(34(23,5)12-11-25(31)44-29-28(40)27(39)26(38)22(19-37)43-29)9-8-20-21-18-33(4,30(41)42)15-14-32(21,3)16-17-35(20,36)6/h8,21-29,37-40H,9-19H2,1-7H3,(H,41,42)/t21-,22+,23?,24+,25-,26+,27-,28+,29-,32+,33?,34-,35+,36+/m0/s1. The van der Waals surface area contributed by atoms with Crippen LogP contribution in [0.4, 0.5) is 0 Å². The maximum Gasteiger partial charge on any atom is 0.309 e. The molecule has 6 aliphatic rings. The van der Waals surface area contributed by atoms with Crippen molar-refractivity contribution >= 4 is 5.97 Å². The first kappa shape index (κ1) is 32.9. The van der Waals surface area contributed by atoms with E-state index in [9.17, 15) is 30.3 Å². The van der Waals surface area contributed by atoms with Crippen LogP contribution in [0.2, 0.25) is 0 Å². The number of ether oxygens (including phenoxy) is 2. The number of rotatable bonds is 4. The fourth-order valence-corrected chi connectivity index (χ4v) is 12.1. The van der Waals surface area contributed by atoms with E-state index in [4.69, 9.17) is 9.47 Å². The van der Waals surface area contributed by atoms with Gasteiger partial charge in [-0.25, -0.2) is 0 Å². The van der Waals surface area contributed by atoms with Crippen molar-refractivity contribution in [3.05, 3.63) is 11.6 Å². The van der Waals surface area contributed by atoms with Crippen molar-refractivity contribution in [1.82, 2.24) is 0 Å². The number of hydrogen-bond donors (Lipinski definition) is 5. The maximum absolute atomic E-state index is 12.4. The molecule has 5 fully saturated rings. The van der Waals surface area contributed by atoms with Gasteiger partial charge < -0.3 is 35.0 Å². The van der Waals surface area contributed by atoms with Crippen molar-refractivity contribution in [3.63, 3.8) is 0 Å². The summed E-state index contributed by atoms with van der Waals surface area (Å²) < 4.78 is 12.2. The molecule has 0 radical (unpaired) electrons. The summed E-state index contributed by atoms with van der Waals surface area (Å²) in [6.45, 7) is 16.0. The average Bonchev–Trinajstić information content (AvgIpc) is 2.95. The Bertz CT molecular complexity index is 1180. The molecule has 6 rings (SSSR count). The lowest BCUT2D eigenvalue weighted by Crippen LogP contribution is -2.65. The Hall–Kier alpha value is -1.03. The molecule has 8 nitrogen and oxygen atoms in total. The number of carboxylic acid groups (broad SMARTS) is 1. The lowest BCUT2D eigenvalue weighted by atomic mass is 9.33. The van der Waals surface area contributed by atoms with Crippen molar-refractivity contribution in [2.75, 3.05) is 6.61 Å². The molecule has 14 atom stereocenters. The van der Waals surface area contributed by atoms with E-state index in [1.165, 1.54) is 0 Å². The van der Waals surface area contributed by atoms with E-state index in [-0.39, 0.29) is 33.2 Å². The topological polar surface area (TPSA) is 137 Å². The van der Waals surface area contributed by atoms with Gasteiger partial charge in [-0.1, -0.05) is 53.2 Å². The molecular weight excluding hydrogens is 560 g/mol. The minimum absolute atomic E-state index is 0.0403. The van der Waals surface area contributed by atoms with Gasteiger partial charge in [0.15, 0.2) is 6.29 Å². The van der Waals surface area contributed by atoms with Gasteiger partial charge in [0, 0.05) is 0 Å². The van der Waals surface area contributed by atoms with Gasteiger partial charge in [-0.3, -0.25) is 4.79 Å². The molecular formula is C36H58O8. The normalized spacial score (nSPS) is 55.1. The number of aliphatic carboxylic acids is 1. The highest BCUT2D eigenvalue weighted by molar-refractivity contribution is 5.74. The third-order valence-corrected chi connectivity index (χ3v) is 15.4. The summed E-state index contributed by atoms with van der Waals surface area (Å²) in [6.07, 6.45) is 5.83. The predicted molar refractivity (Wildman–Crippen MR) is 165 cm³/mol. The molecule has 5 aliphatic carbocycles. The van der Waals surface area contributed by atoms with Crippen LogP contribution in [0.3, 0.4) is 0 Å². The molecule has 5 N–H and O–H groups in total. The van der Waals surface area contributed by atoms with Gasteiger partial charge >= 0.3 is 5.97 Å². The van der Waals surface area contributed by atoms with Crippen molar-refractivity contribution in [1.29, 1.82) is 0 Å². The molecule has 0 aromatic rings. The average molecular weight is 619 g/mol. The molecule has 1 heterocycles. The fraction of sp³-hybridized carbons (Fsp3) is 0.917. The third-order valence-electron chi connectivity index (χ3n) is 15.4. The van der Waals surface area contributed by atoms with Crippen molar-refractivity contribution < 1.29 is 39.8 Å². The van der Waals surface area contributed by atoms with Crippen LogP contribution in [0, 0.1) is 50.2 Å². The van der Waals surface area contributed by atoms with Crippen molar-refractivity contribution in [3.8, 4) is 0 Å². The number of allylic oxidation sites excluding steroid dienone is 2. The zero-order chi connectivity index (χ0) is 32.3. The quantitative estimate of drug-likeness (QED) is 0.218. The summed E-state index contributed by atoms with van der Waals surface area (Å²) in [5.74, 6) is 0.548. The van der Waals surface area contributed by atoms with E-state index >= 15 is 0 Å². The SMILES string of the molecule is CC1(C(=O)O)CC[C@]2(C)CC[C@]3(C)C(=CC[C@@H]4[C@@]5(C)CC[C@H](O[C@@H]6O[C@H](CO)[C@@H](O)[C@H](O)[C@H]6O)C(C)(C)C5CC[C@]43C)[C@@H]2C1. The summed E-state index contributed by atoms with van der Waals surface area (Å²) in [5, 5.41) is 51.2. The van der Waals surface area contributed by atoms with Gasteiger partial charge in [-0.05, 0) is 116 Å². The maximum atomic E-state index is 12.4. The molecule has 0 aromatic heterocycles. The number of aliphatic hydroxyl groups excluding tert-OH is 4. The minimum Gasteiger partial charge on any atom is -0.481 e. The highest BCUT2D eigenvalue weighted by atomic mass is 16.7. The lowest BCUT2D eigenvalue weighted by molar-refractivity contribution is -0.330. The van der Waals surface area contributed by atoms with Crippen molar-refractivity contribution in [2.24, 2.45) is 50.2 Å². The molecule has 2 unspecified atom stereocenters. The highest BCUT2D eigenvalue weighted by Crippen LogP contribution is 2.75. The van der Waals surface area contributed by atoms with Crippen LogP contribution in [0.1, 0.15) is 113 Å². The Morgan fingerprint density at radius 1 is 0.886 bits per heavy atom. The lowest BCUT2D eigenvalue weighted by Gasteiger charge is -2.71. The van der Waals surface area contributed by atoms with E-state index in [0.717, 1.165) is 64.2 Å². The zero-order valence-corrected chi connectivity index (χ0v) is 28.0. The van der Waals surface area contributed by atoms with Gasteiger partial charge in [0.2, 0.25) is 0 Å². The number of aliphatic hydroxyl groups is 4. The predicted octanol–water partition coefficient (Wildman–Crippen LogP) is 5.06. The first-order chi connectivity index (χ1) is 20.4. The van der Waals surface area contributed by atoms with E-state index in [2.05, 4.69) is 47.6 Å². The first-order valence-electron chi connectivity index (χ1n) is 17.3. The Balaban J connectivity index is 1.28. The Kier molecular flexibility index (Phi) is 7.84. The molecule has 0 aromatic carbocycles. The van der Waals surface area contributed by atoms with Crippen LogP contribution < -0.4 is 0 Å². The second kappa shape index (κ2) is 10.5. The summed E-state index contributed by atoms with van der Waals surface area (Å²) in [6, 6.07) is 0. The number of hydrogen-bond acceptors (Lipinski definition) is 7. The van der Waals surface area contributed by atoms with Gasteiger partial charge in [0.25, 0.3) is 0 Å². The zero-order valence-electron chi connectivity index (χ0n) is 28.0. The fourth-order valence-electron chi connectivity index (χ4n) is 12.1. The molecule has 0 amide bonds. The van der Waals surface area contributed by atoms with E-state index in [1.54, 1.807) is 5.57 Å². The van der Waals surface area contributed by atoms with E-state index < -0.39 is 48.7 Å². The highest BCUT2D eigenvalue weighted by Gasteiger charge is 2.68. The minimum atomic E-state index is -1.45. The summed E-state index contributed by atoms with van der Waals surface area (Å²) in [4.78, 5) is 12.4. The molecule has 1 aliphatic heterocycles. The van der Waals surface area contributed by atoms with Crippen LogP contribution in [0.5, 0.6) is 0 Å². The molecule has 0 bridgehead atoms. The molecule has 1 saturated heterocycles. The van der Waals surface area contributed by atoms with E-state index in [1.807, 2.05) is 6.92 Å². The second-order valence-corrected chi connectivity index (χ2v) is 17.8. The molecule has 4 saturated carbocycles. The van der Waals surface area contributed by atoms with Crippen LogP contribution in [0.25, 0.3) is 0 Å². The summed E-state index contributed by atoms with van der Waals surface area (Å²) in [7, 11) is 0. The van der Waals surface area contributed by atoms with Gasteiger partial charge in [0.1, 0.15) is 24.4 Å². The van der Waals surface area contributed by atoms with Gasteiger partial charge in [-0.15, -0.1) is 0 Å². The second-order valence-electron chi connectivity index (χ2n) is 17.8. The van der Waals surface area contributed by atoms with Crippen LogP contribution in [-0.2, 0) is 14.3 Å². The van der Waals surface area contributed by atoms with Crippen LogP contribution >= 0.6 is 0 Å². The Morgan fingerprint density at radius 2 is 1.57 bits per heavy atom. The molecule has 8 heteroatoms. The molecule has 0 spiro atoms. The third kappa shape index (κ3) is 4.40. The first-order valence-corrected chi connectivity index (χ1v) is 17.3. The summed E-state index contributed by atoms with van der Waals surface area (Å²) in [5.41, 5.74) is 1.08. The number of carboxylic acids is 1. The smallest absolute Gasteiger partial charge is 0.309 e. The monoisotopic (exact) mass is 618 g/mol. The van der Waals surface area contributed by atoms with Gasteiger partial charge in [-0.2, -0.15) is 0 Å². The number of carbonyl (C=O) groups is 1. The number of fused-ring (bicyclic) bond motifs is 7. The summed E-state index contributed by atoms with van der Waals surface area (Å²) >= 11 is 0. The van der Waals surface area contributed by atoms with Crippen LogP contribution in [0.15, 0.2) is 11.6 Å². The Morgan fingerprint density at radius 3 is 2.23 bits per heavy atom. The van der Waals surface area contributed by atoms with Gasteiger partial charge in [0.05, 0.1) is 18.1 Å². The van der Waals surface area contributed by atoms with E-state index in [0.29, 0.717) is 17.8 Å². The molecule has 44 heavy (non-hydrogen) atoms. The molecule has 250 valence electrons. The Labute approximate surface area is 263 Å². The van der Waals surface area contributed by atoms with Crippen LogP contribution in [-0.4, -0.2) is 74.9 Å².